The van der Waals surface area contributed by atoms with Crippen molar-refractivity contribution in [2.45, 2.75) is 45.6 Å². The van der Waals surface area contributed by atoms with Gasteiger partial charge in [0.25, 0.3) is 0 Å². The van der Waals surface area contributed by atoms with Gasteiger partial charge in [-0.2, -0.15) is 0 Å². The molecule has 1 fully saturated rings. The van der Waals surface area contributed by atoms with Gasteiger partial charge in [-0.1, -0.05) is 72.3 Å². The van der Waals surface area contributed by atoms with E-state index >= 15 is 0 Å². The van der Waals surface area contributed by atoms with E-state index in [0.717, 1.165) is 35.3 Å². The Hall–Kier alpha value is -3.86. The molecule has 4 rings (SSSR count). The molecule has 0 bridgehead atoms. The first-order valence-electron chi connectivity index (χ1n) is 13.2. The summed E-state index contributed by atoms with van der Waals surface area (Å²) in [4.78, 5) is 27.3. The lowest BCUT2D eigenvalue weighted by Gasteiger charge is -2.33. The molecule has 0 aliphatic carbocycles. The van der Waals surface area contributed by atoms with Gasteiger partial charge in [-0.3, -0.25) is 4.79 Å². The molecule has 1 atom stereocenters. The highest BCUT2D eigenvalue weighted by atomic mass is 16.5. The zero-order chi connectivity index (χ0) is 26.0. The van der Waals surface area contributed by atoms with Crippen LogP contribution in [0.25, 0.3) is 6.08 Å². The van der Waals surface area contributed by atoms with Gasteiger partial charge in [0.05, 0.1) is 19.1 Å². The third-order valence-electron chi connectivity index (χ3n) is 6.70. The first-order valence-corrected chi connectivity index (χ1v) is 13.2. The van der Waals surface area contributed by atoms with Crippen LogP contribution in [0.5, 0.6) is 0 Å². The molecular formula is C32H36N2O3. The summed E-state index contributed by atoms with van der Waals surface area (Å²) in [6, 6.07) is 24.3. The third-order valence-corrected chi connectivity index (χ3v) is 6.70. The Balaban J connectivity index is 1.53. The van der Waals surface area contributed by atoms with Crippen LogP contribution in [-0.4, -0.2) is 31.6 Å². The monoisotopic (exact) mass is 496 g/mol. The van der Waals surface area contributed by atoms with Crippen LogP contribution in [0.2, 0.25) is 0 Å². The van der Waals surface area contributed by atoms with Crippen LogP contribution in [0.4, 0.5) is 5.69 Å². The molecule has 1 N–H and O–H groups in total. The maximum absolute atomic E-state index is 13.3. The van der Waals surface area contributed by atoms with E-state index in [9.17, 15) is 9.59 Å². The minimum absolute atomic E-state index is 0.0335. The standard InChI is InChI=1S/C32H36N2O3/c1-3-37-31(36)20-17-25-13-15-26(16-14-25)23-30(35)33-32(27-18-11-24(2)12-19-27)28-9-5-6-10-29(28)34-21-7-4-8-22-34/h5-6,9-20,32H,3-4,7-8,21-23H2,1-2H3,(H,33,35). The van der Waals surface area contributed by atoms with E-state index in [4.69, 9.17) is 4.74 Å². The number of carbonyl (C=O) groups excluding carboxylic acids is 2. The van der Waals surface area contributed by atoms with Gasteiger partial charge in [-0.25, -0.2) is 4.79 Å². The number of aryl methyl sites for hydroxylation is 1. The summed E-state index contributed by atoms with van der Waals surface area (Å²) in [5.41, 5.74) is 6.38. The van der Waals surface area contributed by atoms with Crippen molar-refractivity contribution in [1.29, 1.82) is 0 Å². The van der Waals surface area contributed by atoms with Gasteiger partial charge in [-0.05, 0) is 61.9 Å². The normalized spacial score (nSPS) is 14.4. The number of piperidine rings is 1. The van der Waals surface area contributed by atoms with Crippen LogP contribution >= 0.6 is 0 Å². The zero-order valence-corrected chi connectivity index (χ0v) is 21.8. The van der Waals surface area contributed by atoms with Crippen LogP contribution in [0, 0.1) is 6.92 Å². The maximum atomic E-state index is 13.3. The second-order valence-corrected chi connectivity index (χ2v) is 9.52. The Bertz CT molecular complexity index is 1210. The second-order valence-electron chi connectivity index (χ2n) is 9.52. The smallest absolute Gasteiger partial charge is 0.330 e. The fourth-order valence-electron chi connectivity index (χ4n) is 4.75. The molecule has 0 saturated carbocycles. The maximum Gasteiger partial charge on any atom is 0.330 e. The predicted octanol–water partition coefficient (Wildman–Crippen LogP) is 6.01. The SMILES string of the molecule is CCOC(=O)C=Cc1ccc(CC(=O)NC(c2ccc(C)cc2)c2ccccc2N2CCCCC2)cc1. The number of nitrogens with zero attached hydrogens (tertiary/aromatic N) is 1. The van der Waals surface area contributed by atoms with E-state index in [0.29, 0.717) is 6.61 Å². The largest absolute Gasteiger partial charge is 0.463 e. The number of hydrogen-bond acceptors (Lipinski definition) is 4. The van der Waals surface area contributed by atoms with E-state index in [1.165, 1.54) is 36.6 Å². The van der Waals surface area contributed by atoms with Crippen molar-refractivity contribution in [3.8, 4) is 0 Å². The molecule has 3 aromatic rings. The molecule has 0 aromatic heterocycles. The third kappa shape index (κ3) is 7.32. The fraction of sp³-hybridized carbons (Fsp3) is 0.312. The molecule has 1 aliphatic heterocycles. The summed E-state index contributed by atoms with van der Waals surface area (Å²) in [7, 11) is 0. The summed E-state index contributed by atoms with van der Waals surface area (Å²) in [6.45, 7) is 6.29. The zero-order valence-electron chi connectivity index (χ0n) is 21.8. The first kappa shape index (κ1) is 26.2. The van der Waals surface area contributed by atoms with Crippen LogP contribution in [0.3, 0.4) is 0 Å². The van der Waals surface area contributed by atoms with Crippen molar-refractivity contribution in [3.05, 3.63) is 107 Å². The van der Waals surface area contributed by atoms with Crippen molar-refractivity contribution in [1.82, 2.24) is 5.32 Å². The lowest BCUT2D eigenvalue weighted by molar-refractivity contribution is -0.137. The van der Waals surface area contributed by atoms with Gasteiger partial charge < -0.3 is 15.0 Å². The first-order chi connectivity index (χ1) is 18.0. The molecule has 1 aliphatic rings. The summed E-state index contributed by atoms with van der Waals surface area (Å²) in [6.07, 6.45) is 7.07. The molecule has 0 spiro atoms. The number of benzene rings is 3. The van der Waals surface area contributed by atoms with Crippen molar-refractivity contribution in [2.75, 3.05) is 24.6 Å². The molecule has 1 unspecified atom stereocenters. The van der Waals surface area contributed by atoms with E-state index in [2.05, 4.69) is 65.7 Å². The number of ether oxygens (including phenoxy) is 1. The number of rotatable bonds is 9. The molecule has 0 radical (unpaired) electrons. The van der Waals surface area contributed by atoms with Crippen LogP contribution in [0.15, 0.2) is 78.9 Å². The van der Waals surface area contributed by atoms with E-state index in [1.54, 1.807) is 13.0 Å². The molecule has 1 amide bonds. The minimum Gasteiger partial charge on any atom is -0.463 e. The quantitative estimate of drug-likeness (QED) is 0.291. The Morgan fingerprint density at radius 2 is 1.65 bits per heavy atom. The molecular weight excluding hydrogens is 460 g/mol. The Morgan fingerprint density at radius 1 is 0.946 bits per heavy atom. The Morgan fingerprint density at radius 3 is 2.35 bits per heavy atom. The topological polar surface area (TPSA) is 58.6 Å². The molecule has 37 heavy (non-hydrogen) atoms. The van der Waals surface area contributed by atoms with E-state index < -0.39 is 0 Å². The molecule has 1 heterocycles. The number of nitrogens with one attached hydrogen (secondary N) is 1. The number of esters is 1. The highest BCUT2D eigenvalue weighted by Gasteiger charge is 2.23. The highest BCUT2D eigenvalue weighted by Crippen LogP contribution is 2.32. The highest BCUT2D eigenvalue weighted by molar-refractivity contribution is 5.87. The number of hydrogen-bond donors (Lipinski definition) is 1. The summed E-state index contributed by atoms with van der Waals surface area (Å²) in [5.74, 6) is -0.397. The minimum atomic E-state index is -0.363. The van der Waals surface area contributed by atoms with Gasteiger partial charge in [-0.15, -0.1) is 0 Å². The number of carbonyl (C=O) groups is 2. The average Bonchev–Trinajstić information content (AvgIpc) is 2.93. The van der Waals surface area contributed by atoms with Crippen molar-refractivity contribution >= 4 is 23.6 Å². The molecule has 5 nitrogen and oxygen atoms in total. The summed E-state index contributed by atoms with van der Waals surface area (Å²) in [5, 5.41) is 3.33. The van der Waals surface area contributed by atoms with Gasteiger partial charge in [0.2, 0.25) is 5.91 Å². The number of amides is 1. The fourth-order valence-corrected chi connectivity index (χ4v) is 4.75. The summed E-state index contributed by atoms with van der Waals surface area (Å²) < 4.78 is 4.92. The molecule has 192 valence electrons. The van der Waals surface area contributed by atoms with Crippen molar-refractivity contribution in [3.63, 3.8) is 0 Å². The summed E-state index contributed by atoms with van der Waals surface area (Å²) >= 11 is 0. The average molecular weight is 497 g/mol. The number of anilines is 1. The van der Waals surface area contributed by atoms with E-state index in [-0.39, 0.29) is 24.3 Å². The van der Waals surface area contributed by atoms with Gasteiger partial charge in [0.1, 0.15) is 0 Å². The van der Waals surface area contributed by atoms with E-state index in [1.807, 2.05) is 24.3 Å². The van der Waals surface area contributed by atoms with Crippen molar-refractivity contribution in [2.24, 2.45) is 0 Å². The Kier molecular flexibility index (Phi) is 9.14. The predicted molar refractivity (Wildman–Crippen MR) is 149 cm³/mol. The molecule has 1 saturated heterocycles. The van der Waals surface area contributed by atoms with Gasteiger partial charge >= 0.3 is 5.97 Å². The van der Waals surface area contributed by atoms with Crippen LogP contribution < -0.4 is 10.2 Å². The van der Waals surface area contributed by atoms with Crippen LogP contribution in [-0.2, 0) is 20.7 Å². The molecule has 5 heteroatoms. The van der Waals surface area contributed by atoms with Gasteiger partial charge in [0.15, 0.2) is 0 Å². The van der Waals surface area contributed by atoms with Crippen LogP contribution in [0.1, 0.15) is 60.0 Å². The number of para-hydroxylation sites is 1. The van der Waals surface area contributed by atoms with Crippen molar-refractivity contribution < 1.29 is 14.3 Å². The second kappa shape index (κ2) is 12.9. The Labute approximate surface area is 220 Å². The lowest BCUT2D eigenvalue weighted by Crippen LogP contribution is -2.34. The molecule has 3 aromatic carbocycles. The lowest BCUT2D eigenvalue weighted by atomic mass is 9.94. The van der Waals surface area contributed by atoms with Gasteiger partial charge in [0, 0.05) is 30.4 Å².